The fourth-order valence-corrected chi connectivity index (χ4v) is 3.59. The average molecular weight is 455 g/mol. The molecule has 1 amide bonds. The molecule has 33 heavy (non-hydrogen) atoms. The van der Waals surface area contributed by atoms with Crippen LogP contribution < -0.4 is 14.2 Å². The standard InChI is InChI=1S/C21H24N6O4.C2H6/c1-14-8-9-22-20(18(14)30-3)31-15-5-4-12-26(13-15)21(28)16-6-7-17(29-2)25-19(16)27-23-10-11-24-27;1-2/h6-11,15H,4-5,12-13H2,1-3H3;1-2H3/t15-;/m1./s1. The van der Waals surface area contributed by atoms with Crippen molar-refractivity contribution < 1.29 is 19.0 Å². The molecule has 0 radical (unpaired) electrons. The summed E-state index contributed by atoms with van der Waals surface area (Å²) in [5, 5.41) is 8.24. The number of carbonyl (C=O) groups excluding carboxylic acids is 1. The van der Waals surface area contributed by atoms with E-state index in [2.05, 4.69) is 20.2 Å². The summed E-state index contributed by atoms with van der Waals surface area (Å²) in [6.45, 7) is 6.98. The zero-order valence-electron chi connectivity index (χ0n) is 19.7. The van der Waals surface area contributed by atoms with Crippen molar-refractivity contribution in [3.63, 3.8) is 0 Å². The van der Waals surface area contributed by atoms with Gasteiger partial charge in [0, 0.05) is 18.8 Å². The summed E-state index contributed by atoms with van der Waals surface area (Å²) < 4.78 is 16.8. The van der Waals surface area contributed by atoms with Crippen LogP contribution in [0, 0.1) is 6.92 Å². The number of likely N-dealkylation sites (tertiary alicyclic amines) is 1. The molecular formula is C23H30N6O4. The summed E-state index contributed by atoms with van der Waals surface area (Å²) in [4.78, 5) is 25.1. The second kappa shape index (κ2) is 11.3. The van der Waals surface area contributed by atoms with Gasteiger partial charge >= 0.3 is 0 Å². The fourth-order valence-electron chi connectivity index (χ4n) is 3.59. The number of nitrogens with zero attached hydrogens (tertiary/aromatic N) is 6. The number of pyridine rings is 2. The van der Waals surface area contributed by atoms with Gasteiger partial charge in [-0.15, -0.1) is 4.80 Å². The van der Waals surface area contributed by atoms with Crippen molar-refractivity contribution in [1.29, 1.82) is 0 Å². The van der Waals surface area contributed by atoms with Gasteiger partial charge in [-0.25, -0.2) is 4.98 Å². The minimum atomic E-state index is -0.196. The highest BCUT2D eigenvalue weighted by atomic mass is 16.5. The van der Waals surface area contributed by atoms with Crippen LogP contribution in [0.15, 0.2) is 36.8 Å². The lowest BCUT2D eigenvalue weighted by Crippen LogP contribution is -2.44. The first-order chi connectivity index (χ1) is 16.1. The fraction of sp³-hybridized carbons (Fsp3) is 0.435. The van der Waals surface area contributed by atoms with Crippen LogP contribution in [0.25, 0.3) is 5.82 Å². The van der Waals surface area contributed by atoms with Crippen LogP contribution in [0.5, 0.6) is 17.5 Å². The summed E-state index contributed by atoms with van der Waals surface area (Å²) in [5.74, 6) is 1.58. The van der Waals surface area contributed by atoms with Gasteiger partial charge < -0.3 is 19.1 Å². The van der Waals surface area contributed by atoms with E-state index < -0.39 is 0 Å². The average Bonchev–Trinajstić information content (AvgIpc) is 3.40. The Bertz CT molecular complexity index is 1060. The molecule has 4 rings (SSSR count). The van der Waals surface area contributed by atoms with Gasteiger partial charge in [0.1, 0.15) is 6.10 Å². The molecule has 176 valence electrons. The van der Waals surface area contributed by atoms with E-state index in [1.165, 1.54) is 24.3 Å². The Morgan fingerprint density at radius 3 is 2.52 bits per heavy atom. The molecule has 0 N–H and O–H groups in total. The van der Waals surface area contributed by atoms with Crippen LogP contribution in [0.2, 0.25) is 0 Å². The quantitative estimate of drug-likeness (QED) is 0.560. The molecule has 1 atom stereocenters. The molecule has 1 fully saturated rings. The minimum absolute atomic E-state index is 0.167. The number of aromatic nitrogens is 5. The molecular weight excluding hydrogens is 424 g/mol. The van der Waals surface area contributed by atoms with Gasteiger partial charge in [0.2, 0.25) is 5.88 Å². The maximum Gasteiger partial charge on any atom is 0.257 e. The second-order valence-electron chi connectivity index (χ2n) is 7.14. The van der Waals surface area contributed by atoms with Gasteiger partial charge in [-0.3, -0.25) is 4.79 Å². The number of carbonyl (C=O) groups is 1. The summed E-state index contributed by atoms with van der Waals surface area (Å²) in [7, 11) is 3.11. The molecule has 1 aliphatic heterocycles. The zero-order chi connectivity index (χ0) is 23.8. The number of methoxy groups -OCH3 is 2. The van der Waals surface area contributed by atoms with Crippen LogP contribution in [0.4, 0.5) is 0 Å². The molecule has 0 aliphatic carbocycles. The van der Waals surface area contributed by atoms with Gasteiger partial charge in [-0.2, -0.15) is 15.2 Å². The summed E-state index contributed by atoms with van der Waals surface area (Å²) in [5.41, 5.74) is 1.33. The van der Waals surface area contributed by atoms with Crippen molar-refractivity contribution in [1.82, 2.24) is 29.9 Å². The maximum atomic E-state index is 13.4. The van der Waals surface area contributed by atoms with E-state index >= 15 is 0 Å². The van der Waals surface area contributed by atoms with Crippen LogP contribution in [-0.4, -0.2) is 69.2 Å². The lowest BCUT2D eigenvalue weighted by Gasteiger charge is -2.33. The van der Waals surface area contributed by atoms with E-state index in [4.69, 9.17) is 14.2 Å². The van der Waals surface area contributed by atoms with Crippen molar-refractivity contribution >= 4 is 5.91 Å². The van der Waals surface area contributed by atoms with Crippen molar-refractivity contribution in [3.8, 4) is 23.3 Å². The summed E-state index contributed by atoms with van der Waals surface area (Å²) in [6, 6.07) is 5.20. The van der Waals surface area contributed by atoms with Crippen molar-refractivity contribution in [2.75, 3.05) is 27.3 Å². The molecule has 3 aromatic heterocycles. The number of hydrogen-bond acceptors (Lipinski definition) is 8. The third kappa shape index (κ3) is 5.39. The first-order valence-electron chi connectivity index (χ1n) is 11.0. The molecule has 10 nitrogen and oxygen atoms in total. The van der Waals surface area contributed by atoms with E-state index in [1.807, 2.05) is 26.8 Å². The Kier molecular flexibility index (Phi) is 8.17. The predicted octanol–water partition coefficient (Wildman–Crippen LogP) is 3.09. The number of piperidine rings is 1. The van der Waals surface area contributed by atoms with Crippen molar-refractivity contribution in [2.24, 2.45) is 0 Å². The Balaban J connectivity index is 0.00000149. The van der Waals surface area contributed by atoms with Crippen LogP contribution >= 0.6 is 0 Å². The Labute approximate surface area is 193 Å². The first kappa shape index (κ1) is 24.0. The number of hydrogen-bond donors (Lipinski definition) is 0. The molecule has 3 aromatic rings. The minimum Gasteiger partial charge on any atom is -0.491 e. The lowest BCUT2D eigenvalue weighted by atomic mass is 10.1. The summed E-state index contributed by atoms with van der Waals surface area (Å²) >= 11 is 0. The largest absolute Gasteiger partial charge is 0.491 e. The molecule has 1 aliphatic rings. The van der Waals surface area contributed by atoms with E-state index in [0.29, 0.717) is 42.0 Å². The van der Waals surface area contributed by atoms with E-state index in [-0.39, 0.29) is 12.0 Å². The topological polar surface area (TPSA) is 104 Å². The van der Waals surface area contributed by atoms with Crippen LogP contribution in [0.3, 0.4) is 0 Å². The molecule has 0 unspecified atom stereocenters. The molecule has 0 saturated carbocycles. The Hall–Kier alpha value is -3.69. The molecule has 10 heteroatoms. The molecule has 0 spiro atoms. The maximum absolute atomic E-state index is 13.4. The second-order valence-corrected chi connectivity index (χ2v) is 7.14. The molecule has 0 aromatic carbocycles. The van der Waals surface area contributed by atoms with Crippen molar-refractivity contribution in [3.05, 3.63) is 47.9 Å². The highest BCUT2D eigenvalue weighted by Crippen LogP contribution is 2.30. The smallest absolute Gasteiger partial charge is 0.257 e. The monoisotopic (exact) mass is 454 g/mol. The summed E-state index contributed by atoms with van der Waals surface area (Å²) in [6.07, 6.45) is 6.18. The van der Waals surface area contributed by atoms with Gasteiger partial charge in [0.15, 0.2) is 11.6 Å². The van der Waals surface area contributed by atoms with Gasteiger partial charge in [0.25, 0.3) is 11.8 Å². The van der Waals surface area contributed by atoms with Gasteiger partial charge in [-0.05, 0) is 37.5 Å². The van der Waals surface area contributed by atoms with Gasteiger partial charge in [-0.1, -0.05) is 13.8 Å². The SMILES string of the molecule is CC.COc1ccc(C(=O)N2CCC[C@@H](Oc3nccc(C)c3OC)C2)c(-n2nccn2)n1. The van der Waals surface area contributed by atoms with E-state index in [0.717, 1.165) is 18.4 Å². The zero-order valence-corrected chi connectivity index (χ0v) is 19.7. The molecule has 1 saturated heterocycles. The normalized spacial score (nSPS) is 15.3. The van der Waals surface area contributed by atoms with Crippen LogP contribution in [0.1, 0.15) is 42.6 Å². The third-order valence-corrected chi connectivity index (χ3v) is 5.11. The number of aryl methyl sites for hydroxylation is 1. The Morgan fingerprint density at radius 2 is 1.82 bits per heavy atom. The number of rotatable bonds is 6. The molecule has 0 bridgehead atoms. The molecule has 4 heterocycles. The number of ether oxygens (including phenoxy) is 3. The Morgan fingerprint density at radius 1 is 1.06 bits per heavy atom. The van der Waals surface area contributed by atoms with Crippen molar-refractivity contribution in [2.45, 2.75) is 39.7 Å². The predicted molar refractivity (Wildman–Crippen MR) is 122 cm³/mol. The first-order valence-corrected chi connectivity index (χ1v) is 11.0. The third-order valence-electron chi connectivity index (χ3n) is 5.11. The van der Waals surface area contributed by atoms with E-state index in [9.17, 15) is 4.79 Å². The lowest BCUT2D eigenvalue weighted by molar-refractivity contribution is 0.0520. The van der Waals surface area contributed by atoms with Crippen LogP contribution in [-0.2, 0) is 0 Å². The number of amides is 1. The highest BCUT2D eigenvalue weighted by Gasteiger charge is 2.29. The van der Waals surface area contributed by atoms with Gasteiger partial charge in [0.05, 0.1) is 38.7 Å². The van der Waals surface area contributed by atoms with E-state index in [1.54, 1.807) is 30.3 Å². The highest BCUT2D eigenvalue weighted by molar-refractivity contribution is 5.97.